The van der Waals surface area contributed by atoms with Gasteiger partial charge in [-0.1, -0.05) is 24.3 Å². The maximum absolute atomic E-state index is 9.55. The first-order valence-corrected chi connectivity index (χ1v) is 9.59. The SMILES string of the molecule is Cc1ccccc1CN(CC1CC1)C1CCNCC1.O=C(O)/C=C/C(=O)O. The summed E-state index contributed by atoms with van der Waals surface area (Å²) in [5.41, 5.74) is 2.96. The molecule has 0 aromatic heterocycles. The van der Waals surface area contributed by atoms with Crippen LogP contribution in [-0.2, 0) is 16.1 Å². The summed E-state index contributed by atoms with van der Waals surface area (Å²) < 4.78 is 0. The summed E-state index contributed by atoms with van der Waals surface area (Å²) in [7, 11) is 0. The van der Waals surface area contributed by atoms with Crippen molar-refractivity contribution in [2.75, 3.05) is 19.6 Å². The molecule has 1 aliphatic carbocycles. The molecule has 2 fully saturated rings. The van der Waals surface area contributed by atoms with Gasteiger partial charge in [0, 0.05) is 31.3 Å². The van der Waals surface area contributed by atoms with Crippen LogP contribution < -0.4 is 5.32 Å². The van der Waals surface area contributed by atoms with Crippen molar-refractivity contribution < 1.29 is 19.8 Å². The van der Waals surface area contributed by atoms with Crippen LogP contribution in [0.2, 0.25) is 0 Å². The van der Waals surface area contributed by atoms with Crippen molar-refractivity contribution in [3.8, 4) is 0 Å². The van der Waals surface area contributed by atoms with E-state index in [9.17, 15) is 9.59 Å². The molecule has 0 spiro atoms. The number of carbonyl (C=O) groups is 2. The van der Waals surface area contributed by atoms with E-state index in [0.29, 0.717) is 12.2 Å². The molecule has 3 N–H and O–H groups in total. The average molecular weight is 374 g/mol. The fraction of sp³-hybridized carbons (Fsp3) is 0.524. The lowest BCUT2D eigenvalue weighted by Gasteiger charge is -2.35. The standard InChI is InChI=1S/C17H26N2.C4H4O4/c1-14-4-2-3-5-16(14)13-19(12-15-6-7-15)17-8-10-18-11-9-17;5-3(6)1-2-4(7)8/h2-5,15,17-18H,6-13H2,1H3;1-2H,(H,5,6)(H,7,8)/b;2-1+. The Labute approximate surface area is 160 Å². The summed E-state index contributed by atoms with van der Waals surface area (Å²) in [5.74, 6) is -1.53. The second-order valence-electron chi connectivity index (χ2n) is 7.29. The lowest BCUT2D eigenvalue weighted by atomic mass is 10.0. The van der Waals surface area contributed by atoms with Gasteiger partial charge in [-0.2, -0.15) is 0 Å². The van der Waals surface area contributed by atoms with Crippen LogP contribution in [0.1, 0.15) is 36.8 Å². The molecule has 1 aliphatic heterocycles. The fourth-order valence-corrected chi connectivity index (χ4v) is 3.30. The zero-order chi connectivity index (χ0) is 19.6. The van der Waals surface area contributed by atoms with Crippen molar-refractivity contribution in [1.29, 1.82) is 0 Å². The third-order valence-corrected chi connectivity index (χ3v) is 5.02. The number of piperidine rings is 1. The molecule has 0 radical (unpaired) electrons. The normalized spacial score (nSPS) is 17.6. The Bertz CT molecular complexity index is 633. The van der Waals surface area contributed by atoms with Crippen molar-refractivity contribution in [2.45, 2.75) is 45.2 Å². The molecule has 0 unspecified atom stereocenters. The summed E-state index contributed by atoms with van der Waals surface area (Å²) in [6, 6.07) is 9.67. The van der Waals surface area contributed by atoms with Gasteiger partial charge in [0.1, 0.15) is 0 Å². The maximum atomic E-state index is 9.55. The summed E-state index contributed by atoms with van der Waals surface area (Å²) in [6.07, 6.45) is 6.66. The van der Waals surface area contributed by atoms with E-state index in [-0.39, 0.29) is 0 Å². The van der Waals surface area contributed by atoms with Crippen LogP contribution in [0.3, 0.4) is 0 Å². The number of rotatable bonds is 7. The van der Waals surface area contributed by atoms with E-state index >= 15 is 0 Å². The maximum Gasteiger partial charge on any atom is 0.328 e. The number of nitrogens with one attached hydrogen (secondary N) is 1. The Morgan fingerprint density at radius 3 is 2.19 bits per heavy atom. The molecule has 0 amide bonds. The Morgan fingerprint density at radius 2 is 1.67 bits per heavy atom. The second kappa shape index (κ2) is 10.8. The molecule has 0 bridgehead atoms. The smallest absolute Gasteiger partial charge is 0.328 e. The van der Waals surface area contributed by atoms with Gasteiger partial charge in [0.25, 0.3) is 0 Å². The third kappa shape index (κ3) is 8.37. The molecule has 6 nitrogen and oxygen atoms in total. The highest BCUT2D eigenvalue weighted by Gasteiger charge is 2.29. The molecule has 1 heterocycles. The molecule has 1 saturated carbocycles. The van der Waals surface area contributed by atoms with Gasteiger partial charge in [-0.25, -0.2) is 9.59 Å². The third-order valence-electron chi connectivity index (χ3n) is 5.02. The summed E-state index contributed by atoms with van der Waals surface area (Å²) in [5, 5.41) is 19.1. The van der Waals surface area contributed by atoms with Crippen LogP contribution in [0.15, 0.2) is 36.4 Å². The molecular formula is C21H30N2O4. The van der Waals surface area contributed by atoms with Crippen LogP contribution in [0.5, 0.6) is 0 Å². The predicted octanol–water partition coefficient (Wildman–Crippen LogP) is 2.67. The highest BCUT2D eigenvalue weighted by atomic mass is 16.4. The quantitative estimate of drug-likeness (QED) is 0.636. The van der Waals surface area contributed by atoms with Crippen LogP contribution in [-0.4, -0.2) is 52.7 Å². The van der Waals surface area contributed by atoms with Crippen LogP contribution in [0.4, 0.5) is 0 Å². The number of aliphatic carboxylic acids is 2. The van der Waals surface area contributed by atoms with E-state index < -0.39 is 11.9 Å². The molecule has 1 saturated heterocycles. The number of aryl methyl sites for hydroxylation is 1. The lowest BCUT2D eigenvalue weighted by molar-refractivity contribution is -0.134. The van der Waals surface area contributed by atoms with Gasteiger partial charge in [-0.3, -0.25) is 4.90 Å². The fourth-order valence-electron chi connectivity index (χ4n) is 3.30. The lowest BCUT2D eigenvalue weighted by Crippen LogP contribution is -2.43. The number of hydrogen-bond acceptors (Lipinski definition) is 4. The van der Waals surface area contributed by atoms with Crippen LogP contribution >= 0.6 is 0 Å². The number of carboxylic acids is 2. The van der Waals surface area contributed by atoms with Crippen molar-refractivity contribution in [2.24, 2.45) is 5.92 Å². The molecule has 1 aromatic rings. The van der Waals surface area contributed by atoms with Crippen molar-refractivity contribution in [1.82, 2.24) is 10.2 Å². The van der Waals surface area contributed by atoms with Crippen LogP contribution in [0.25, 0.3) is 0 Å². The van der Waals surface area contributed by atoms with Gasteiger partial charge in [0.15, 0.2) is 0 Å². The first-order chi connectivity index (χ1) is 13.0. The van der Waals surface area contributed by atoms with Gasteiger partial charge in [0.05, 0.1) is 0 Å². The number of hydrogen-bond donors (Lipinski definition) is 3. The number of nitrogens with zero attached hydrogens (tertiary/aromatic N) is 1. The molecule has 148 valence electrons. The second-order valence-corrected chi connectivity index (χ2v) is 7.29. The molecule has 3 rings (SSSR count). The van der Waals surface area contributed by atoms with Gasteiger partial charge < -0.3 is 15.5 Å². The molecule has 6 heteroatoms. The van der Waals surface area contributed by atoms with Crippen molar-refractivity contribution in [3.63, 3.8) is 0 Å². The zero-order valence-electron chi connectivity index (χ0n) is 15.9. The van der Waals surface area contributed by atoms with Crippen LogP contribution in [0, 0.1) is 12.8 Å². The molecule has 1 aromatic carbocycles. The Hall–Kier alpha value is -2.18. The largest absolute Gasteiger partial charge is 0.478 e. The van der Waals surface area contributed by atoms with Gasteiger partial charge >= 0.3 is 11.9 Å². The van der Waals surface area contributed by atoms with Gasteiger partial charge in [-0.05, 0) is 62.7 Å². The average Bonchev–Trinajstić information content (AvgIpc) is 3.47. The van der Waals surface area contributed by atoms with E-state index in [1.807, 2.05) is 0 Å². The number of benzene rings is 1. The minimum absolute atomic E-state index is 0.558. The molecule has 0 atom stereocenters. The molecule has 2 aliphatic rings. The summed E-state index contributed by atoms with van der Waals surface area (Å²) in [6.45, 7) is 7.10. The zero-order valence-corrected chi connectivity index (χ0v) is 15.9. The Kier molecular flexibility index (Phi) is 8.48. The van der Waals surface area contributed by atoms with E-state index in [0.717, 1.165) is 18.5 Å². The number of carboxylic acid groups (broad SMARTS) is 2. The van der Waals surface area contributed by atoms with E-state index in [2.05, 4.69) is 41.4 Å². The minimum atomic E-state index is -1.26. The Balaban J connectivity index is 0.000000279. The van der Waals surface area contributed by atoms with E-state index in [4.69, 9.17) is 10.2 Å². The molecule has 27 heavy (non-hydrogen) atoms. The highest BCUT2D eigenvalue weighted by Crippen LogP contribution is 2.32. The summed E-state index contributed by atoms with van der Waals surface area (Å²) in [4.78, 5) is 21.9. The monoisotopic (exact) mass is 374 g/mol. The van der Waals surface area contributed by atoms with Crippen molar-refractivity contribution in [3.05, 3.63) is 47.5 Å². The van der Waals surface area contributed by atoms with E-state index in [1.54, 1.807) is 0 Å². The first kappa shape index (κ1) is 21.1. The van der Waals surface area contributed by atoms with Gasteiger partial charge in [-0.15, -0.1) is 0 Å². The topological polar surface area (TPSA) is 89.9 Å². The van der Waals surface area contributed by atoms with Gasteiger partial charge in [0.2, 0.25) is 0 Å². The summed E-state index contributed by atoms with van der Waals surface area (Å²) >= 11 is 0. The molecular weight excluding hydrogens is 344 g/mol. The predicted molar refractivity (Wildman–Crippen MR) is 105 cm³/mol. The first-order valence-electron chi connectivity index (χ1n) is 9.59. The highest BCUT2D eigenvalue weighted by molar-refractivity contribution is 5.89. The minimum Gasteiger partial charge on any atom is -0.478 e. The Morgan fingerprint density at radius 1 is 1.07 bits per heavy atom. The van der Waals surface area contributed by atoms with E-state index in [1.165, 1.54) is 56.4 Å². The van der Waals surface area contributed by atoms with Crippen molar-refractivity contribution >= 4 is 11.9 Å².